The van der Waals surface area contributed by atoms with Crippen molar-refractivity contribution in [2.75, 3.05) is 0 Å². The Bertz CT molecular complexity index is 843. The zero-order valence-electron chi connectivity index (χ0n) is 23.8. The van der Waals surface area contributed by atoms with Crippen molar-refractivity contribution in [1.82, 2.24) is 0 Å². The average Bonchev–Trinajstić information content (AvgIpc) is 3.49. The van der Waals surface area contributed by atoms with E-state index in [2.05, 4.69) is 41.5 Å². The zero-order valence-corrected chi connectivity index (χ0v) is 23.8. The van der Waals surface area contributed by atoms with Crippen molar-refractivity contribution in [3.05, 3.63) is 0 Å². The second-order valence-corrected chi connectivity index (χ2v) is 14.4. The lowest BCUT2D eigenvalue weighted by molar-refractivity contribution is -0.266. The number of rotatable bonds is 6. The highest BCUT2D eigenvalue weighted by molar-refractivity contribution is 5.66. The lowest BCUT2D eigenvalue weighted by Gasteiger charge is -2.65. The number of esters is 1. The van der Waals surface area contributed by atoms with Crippen molar-refractivity contribution in [3.63, 3.8) is 0 Å². The second kappa shape index (κ2) is 9.23. The zero-order chi connectivity index (χ0) is 26.2. The summed E-state index contributed by atoms with van der Waals surface area (Å²) in [6.07, 6.45) is 8.47. The maximum atomic E-state index is 12.0. The van der Waals surface area contributed by atoms with Gasteiger partial charge in [-0.15, -0.1) is 0 Å². The second-order valence-electron chi connectivity index (χ2n) is 14.4. The summed E-state index contributed by atoms with van der Waals surface area (Å²) in [4.78, 5) is 11.6. The van der Waals surface area contributed by atoms with Crippen molar-refractivity contribution in [2.45, 2.75) is 136 Å². The summed E-state index contributed by atoms with van der Waals surface area (Å²) in [6.45, 7) is 15.6. The Balaban J connectivity index is 1.33. The molecule has 0 amide bonds. The van der Waals surface area contributed by atoms with E-state index < -0.39 is 11.7 Å². The summed E-state index contributed by atoms with van der Waals surface area (Å²) in [6, 6.07) is 0. The van der Waals surface area contributed by atoms with Gasteiger partial charge in [-0.05, 0) is 91.8 Å². The lowest BCUT2D eigenvalue weighted by Crippen LogP contribution is -2.68. The quantitative estimate of drug-likeness (QED) is 0.356. The Morgan fingerprint density at radius 3 is 2.42 bits per heavy atom. The minimum Gasteiger partial charge on any atom is -0.462 e. The third-order valence-corrected chi connectivity index (χ3v) is 12.7. The van der Waals surface area contributed by atoms with Crippen LogP contribution in [0.2, 0.25) is 0 Å². The van der Waals surface area contributed by atoms with E-state index in [9.17, 15) is 15.0 Å². The van der Waals surface area contributed by atoms with Crippen LogP contribution in [-0.4, -0.2) is 46.2 Å². The average molecular weight is 505 g/mol. The molecular weight excluding hydrogens is 452 g/mol. The summed E-state index contributed by atoms with van der Waals surface area (Å²) >= 11 is 0. The molecule has 0 radical (unpaired) electrons. The van der Waals surface area contributed by atoms with Gasteiger partial charge in [-0.1, -0.05) is 48.0 Å². The minimum atomic E-state index is -1.17. The van der Waals surface area contributed by atoms with Gasteiger partial charge in [0.2, 0.25) is 0 Å². The van der Waals surface area contributed by atoms with Crippen LogP contribution in [-0.2, 0) is 14.3 Å². The summed E-state index contributed by atoms with van der Waals surface area (Å²) in [7, 11) is 0. The molecule has 2 N–H and O–H groups in total. The van der Waals surface area contributed by atoms with Gasteiger partial charge in [0, 0.05) is 18.8 Å². The third-order valence-electron chi connectivity index (χ3n) is 12.7. The van der Waals surface area contributed by atoms with Crippen LogP contribution in [0.4, 0.5) is 0 Å². The van der Waals surface area contributed by atoms with Crippen LogP contribution in [0.15, 0.2) is 0 Å². The van der Waals surface area contributed by atoms with Crippen LogP contribution in [0.5, 0.6) is 0 Å². The number of carbonyl (C=O) groups is 1. The van der Waals surface area contributed by atoms with Gasteiger partial charge in [-0.2, -0.15) is 0 Å². The van der Waals surface area contributed by atoms with Crippen molar-refractivity contribution in [2.24, 2.45) is 52.3 Å². The van der Waals surface area contributed by atoms with E-state index >= 15 is 0 Å². The number of fused-ring (bicyclic) bond motifs is 5. The van der Waals surface area contributed by atoms with Crippen molar-refractivity contribution in [3.8, 4) is 0 Å². The molecule has 5 aliphatic rings. The molecule has 0 aromatic heterocycles. The molecule has 4 aliphatic carbocycles. The van der Waals surface area contributed by atoms with Crippen LogP contribution in [0.25, 0.3) is 0 Å². The molecule has 0 aromatic carbocycles. The predicted octanol–water partition coefficient (Wildman–Crippen LogP) is 5.75. The fourth-order valence-electron chi connectivity index (χ4n) is 10.7. The SMILES string of the molecule is CC[C@@H](C(C)C)[C@@H]1O[C@H]1[C@@H](C)[C@H]1CC[C@H]2[C@@H]3C[C@@H](O)[C@@]4(O)C[C@@H](OC(C)=O)CC[C@]4(C)[C@H]3CC[C@]12C. The topological polar surface area (TPSA) is 79.3 Å². The van der Waals surface area contributed by atoms with Crippen LogP contribution < -0.4 is 0 Å². The maximum absolute atomic E-state index is 12.0. The van der Waals surface area contributed by atoms with Gasteiger partial charge < -0.3 is 19.7 Å². The number of aliphatic hydroxyl groups is 2. The summed E-state index contributed by atoms with van der Waals surface area (Å²) in [5.41, 5.74) is -1.21. The largest absolute Gasteiger partial charge is 0.462 e. The molecule has 13 atom stereocenters. The number of hydrogen-bond donors (Lipinski definition) is 2. The highest BCUT2D eigenvalue weighted by atomic mass is 16.6. The molecule has 0 unspecified atom stereocenters. The molecule has 0 aromatic rings. The smallest absolute Gasteiger partial charge is 0.302 e. The van der Waals surface area contributed by atoms with E-state index in [0.717, 1.165) is 19.3 Å². The van der Waals surface area contributed by atoms with Crippen LogP contribution in [0, 0.1) is 52.3 Å². The van der Waals surface area contributed by atoms with Gasteiger partial charge >= 0.3 is 5.97 Å². The van der Waals surface area contributed by atoms with Gasteiger partial charge in [0.1, 0.15) is 6.10 Å². The standard InChI is InChI=1S/C31H52O5/c1-8-21(17(2)3)28-27(36-28)18(4)23-9-10-24-22-15-26(33)31(34)16-20(35-19(5)32)11-14-30(31,7)25(22)12-13-29(23,24)6/h17-18,20-28,33-34H,8-16H2,1-7H3/t18-,20-,21-,22-,23+,24-,25-,26+,27-,28-,29+,30+,31-/m0/s1. The molecular formula is C31H52O5. The van der Waals surface area contributed by atoms with Crippen molar-refractivity contribution >= 4 is 5.97 Å². The first-order valence-electron chi connectivity index (χ1n) is 15.1. The predicted molar refractivity (Wildman–Crippen MR) is 140 cm³/mol. The summed E-state index contributed by atoms with van der Waals surface area (Å²) in [5.74, 6) is 3.77. The molecule has 1 aliphatic heterocycles. The van der Waals surface area contributed by atoms with E-state index in [0.29, 0.717) is 66.5 Å². The number of carbonyl (C=O) groups excluding carboxylic acids is 1. The lowest BCUT2D eigenvalue weighted by atomic mass is 9.42. The Kier molecular flexibility index (Phi) is 6.90. The number of ether oxygens (including phenoxy) is 2. The monoisotopic (exact) mass is 504 g/mol. The Labute approximate surface area is 219 Å². The molecule has 1 heterocycles. The number of hydrogen-bond acceptors (Lipinski definition) is 5. The molecule has 206 valence electrons. The molecule has 4 saturated carbocycles. The normalized spacial score (nSPS) is 51.6. The molecule has 0 spiro atoms. The molecule has 5 nitrogen and oxygen atoms in total. The fourth-order valence-corrected chi connectivity index (χ4v) is 10.7. The molecule has 36 heavy (non-hydrogen) atoms. The molecule has 5 heteroatoms. The maximum Gasteiger partial charge on any atom is 0.302 e. The number of epoxide rings is 1. The molecule has 5 fully saturated rings. The highest BCUT2D eigenvalue weighted by Crippen LogP contribution is 2.69. The van der Waals surface area contributed by atoms with Crippen LogP contribution in [0.1, 0.15) is 106 Å². The van der Waals surface area contributed by atoms with E-state index in [1.54, 1.807) is 0 Å². The highest BCUT2D eigenvalue weighted by Gasteiger charge is 2.68. The first-order chi connectivity index (χ1) is 16.9. The van der Waals surface area contributed by atoms with Gasteiger partial charge in [0.05, 0.1) is 23.9 Å². The van der Waals surface area contributed by atoms with E-state index in [1.807, 2.05) is 0 Å². The summed E-state index contributed by atoms with van der Waals surface area (Å²) < 4.78 is 11.9. The first kappa shape index (κ1) is 26.9. The van der Waals surface area contributed by atoms with Crippen LogP contribution in [0.3, 0.4) is 0 Å². The summed E-state index contributed by atoms with van der Waals surface area (Å²) in [5, 5.41) is 23.4. The van der Waals surface area contributed by atoms with E-state index in [1.165, 1.54) is 32.6 Å². The Morgan fingerprint density at radius 1 is 1.06 bits per heavy atom. The van der Waals surface area contributed by atoms with Gasteiger partial charge in [0.15, 0.2) is 0 Å². The van der Waals surface area contributed by atoms with Gasteiger partial charge in [-0.25, -0.2) is 0 Å². The van der Waals surface area contributed by atoms with Crippen LogP contribution >= 0.6 is 0 Å². The van der Waals surface area contributed by atoms with Crippen molar-refractivity contribution in [1.29, 1.82) is 0 Å². The third kappa shape index (κ3) is 3.92. The Hall–Kier alpha value is -0.650. The number of aliphatic hydroxyl groups excluding tert-OH is 1. The molecule has 5 rings (SSSR count). The van der Waals surface area contributed by atoms with E-state index in [-0.39, 0.29) is 22.9 Å². The minimum absolute atomic E-state index is 0.289. The van der Waals surface area contributed by atoms with Gasteiger partial charge in [-0.3, -0.25) is 4.79 Å². The first-order valence-corrected chi connectivity index (χ1v) is 15.1. The Morgan fingerprint density at radius 2 is 1.78 bits per heavy atom. The fraction of sp³-hybridized carbons (Fsp3) is 0.968. The molecule has 0 bridgehead atoms. The van der Waals surface area contributed by atoms with Gasteiger partial charge in [0.25, 0.3) is 0 Å². The molecule has 1 saturated heterocycles. The van der Waals surface area contributed by atoms with Crippen molar-refractivity contribution < 1.29 is 24.5 Å². The van der Waals surface area contributed by atoms with E-state index in [4.69, 9.17) is 9.47 Å².